The van der Waals surface area contributed by atoms with Gasteiger partial charge in [-0.15, -0.1) is 22.7 Å². The van der Waals surface area contributed by atoms with E-state index in [0.717, 1.165) is 22.7 Å². The molecule has 0 saturated carbocycles. The molecule has 0 radical (unpaired) electrons. The molecule has 0 bridgehead atoms. The van der Waals surface area contributed by atoms with Crippen LogP contribution in [0.2, 0.25) is 0 Å². The van der Waals surface area contributed by atoms with E-state index in [4.69, 9.17) is 0 Å². The fourth-order valence-electron chi connectivity index (χ4n) is 2.07. The van der Waals surface area contributed by atoms with Crippen molar-refractivity contribution in [1.29, 1.82) is 0 Å². The highest BCUT2D eigenvalue weighted by molar-refractivity contribution is 7.94. The highest BCUT2D eigenvalue weighted by atomic mass is 32.2. The summed E-state index contributed by atoms with van der Waals surface area (Å²) >= 11 is 2.72. The first kappa shape index (κ1) is 16.2. The molecule has 0 aliphatic rings. The van der Waals surface area contributed by atoms with Gasteiger partial charge in [0.15, 0.2) is 0 Å². The third-order valence-electron chi connectivity index (χ3n) is 3.32. The van der Waals surface area contributed by atoms with Crippen LogP contribution in [0, 0.1) is 6.92 Å². The molecule has 120 valence electrons. The molecule has 3 aromatic rings. The molecular formula is C16H16N2O2S3. The van der Waals surface area contributed by atoms with Gasteiger partial charge >= 0.3 is 0 Å². The smallest absolute Gasteiger partial charge is 0.271 e. The summed E-state index contributed by atoms with van der Waals surface area (Å²) in [6, 6.07) is 9.10. The van der Waals surface area contributed by atoms with E-state index in [1.807, 2.05) is 29.8 Å². The van der Waals surface area contributed by atoms with Crippen LogP contribution in [0.25, 0.3) is 10.6 Å². The molecule has 0 fully saturated rings. The Balaban J connectivity index is 1.83. The summed E-state index contributed by atoms with van der Waals surface area (Å²) in [5, 5.41) is 4.62. The van der Waals surface area contributed by atoms with Crippen molar-refractivity contribution in [3.63, 3.8) is 0 Å². The standard InChI is InChI=1S/C16H16N2O2S3/c1-3-12-4-6-14(7-5-12)18-23(19,20)15-8-13(10-21-15)16-17-11(2)9-22-16/h4-10,18H,3H2,1-2H3. The molecule has 23 heavy (non-hydrogen) atoms. The Bertz CT molecular complexity index is 909. The minimum absolute atomic E-state index is 0.292. The lowest BCUT2D eigenvalue weighted by atomic mass is 10.2. The van der Waals surface area contributed by atoms with E-state index in [1.165, 1.54) is 28.2 Å². The molecule has 2 heterocycles. The van der Waals surface area contributed by atoms with Crippen molar-refractivity contribution in [3.05, 3.63) is 52.3 Å². The number of anilines is 1. The van der Waals surface area contributed by atoms with Crippen molar-refractivity contribution in [1.82, 2.24) is 4.98 Å². The highest BCUT2D eigenvalue weighted by Gasteiger charge is 2.18. The first-order valence-corrected chi connectivity index (χ1v) is 10.3. The Morgan fingerprint density at radius 3 is 2.48 bits per heavy atom. The van der Waals surface area contributed by atoms with Gasteiger partial charge in [0.2, 0.25) is 0 Å². The van der Waals surface area contributed by atoms with Gasteiger partial charge in [0.25, 0.3) is 10.0 Å². The van der Waals surface area contributed by atoms with Crippen LogP contribution in [-0.4, -0.2) is 13.4 Å². The Labute approximate surface area is 143 Å². The third kappa shape index (κ3) is 3.63. The fourth-order valence-corrected chi connectivity index (χ4v) is 5.15. The summed E-state index contributed by atoms with van der Waals surface area (Å²) in [6.45, 7) is 3.98. The molecule has 0 aliphatic carbocycles. The van der Waals surface area contributed by atoms with Crippen LogP contribution >= 0.6 is 22.7 Å². The van der Waals surface area contributed by atoms with E-state index in [9.17, 15) is 8.42 Å². The van der Waals surface area contributed by atoms with Gasteiger partial charge in [0.05, 0.1) is 0 Å². The minimum atomic E-state index is -3.57. The zero-order chi connectivity index (χ0) is 16.4. The number of nitrogens with one attached hydrogen (secondary N) is 1. The quantitative estimate of drug-likeness (QED) is 0.723. The molecule has 0 unspecified atom stereocenters. The Morgan fingerprint density at radius 1 is 1.13 bits per heavy atom. The molecule has 1 aromatic carbocycles. The largest absolute Gasteiger partial charge is 0.279 e. The summed E-state index contributed by atoms with van der Waals surface area (Å²) in [4.78, 5) is 4.39. The van der Waals surface area contributed by atoms with Crippen molar-refractivity contribution >= 4 is 38.4 Å². The molecule has 2 aromatic heterocycles. The van der Waals surface area contributed by atoms with Crippen molar-refractivity contribution in [2.24, 2.45) is 0 Å². The zero-order valence-electron chi connectivity index (χ0n) is 12.7. The van der Waals surface area contributed by atoms with E-state index in [-0.39, 0.29) is 0 Å². The summed E-state index contributed by atoms with van der Waals surface area (Å²) in [7, 11) is -3.57. The number of sulfonamides is 1. The van der Waals surface area contributed by atoms with Crippen LogP contribution in [0.4, 0.5) is 5.69 Å². The molecule has 0 saturated heterocycles. The van der Waals surface area contributed by atoms with Crippen LogP contribution in [0.3, 0.4) is 0 Å². The summed E-state index contributed by atoms with van der Waals surface area (Å²) in [5.41, 5.74) is 3.53. The first-order chi connectivity index (χ1) is 11.0. The topological polar surface area (TPSA) is 59.1 Å². The lowest BCUT2D eigenvalue weighted by Gasteiger charge is -2.06. The number of benzene rings is 1. The lowest BCUT2D eigenvalue weighted by Crippen LogP contribution is -2.11. The fraction of sp³-hybridized carbons (Fsp3) is 0.188. The van der Waals surface area contributed by atoms with Gasteiger partial charge in [-0.2, -0.15) is 0 Å². The lowest BCUT2D eigenvalue weighted by molar-refractivity contribution is 0.603. The van der Waals surface area contributed by atoms with Gasteiger partial charge in [-0.05, 0) is 37.1 Å². The monoisotopic (exact) mass is 364 g/mol. The van der Waals surface area contributed by atoms with Gasteiger partial charge in [-0.1, -0.05) is 19.1 Å². The molecule has 0 atom stereocenters. The van der Waals surface area contributed by atoms with Gasteiger partial charge in [0, 0.05) is 27.7 Å². The van der Waals surface area contributed by atoms with Gasteiger partial charge in [-0.3, -0.25) is 4.72 Å². The van der Waals surface area contributed by atoms with E-state index in [1.54, 1.807) is 18.2 Å². The number of thiazole rings is 1. The predicted molar refractivity (Wildman–Crippen MR) is 96.8 cm³/mol. The number of aromatic nitrogens is 1. The summed E-state index contributed by atoms with van der Waals surface area (Å²) < 4.78 is 27.9. The number of nitrogens with zero attached hydrogens (tertiary/aromatic N) is 1. The number of hydrogen-bond acceptors (Lipinski definition) is 5. The second-order valence-electron chi connectivity index (χ2n) is 5.10. The average molecular weight is 365 g/mol. The highest BCUT2D eigenvalue weighted by Crippen LogP contribution is 2.31. The molecule has 3 rings (SSSR count). The number of rotatable bonds is 5. The van der Waals surface area contributed by atoms with E-state index in [0.29, 0.717) is 9.90 Å². The van der Waals surface area contributed by atoms with Gasteiger partial charge in [-0.25, -0.2) is 13.4 Å². The average Bonchev–Trinajstić information content (AvgIpc) is 3.16. The van der Waals surface area contributed by atoms with Crippen LogP contribution in [-0.2, 0) is 16.4 Å². The maximum Gasteiger partial charge on any atom is 0.271 e. The summed E-state index contributed by atoms with van der Waals surface area (Å²) in [5.74, 6) is 0. The third-order valence-corrected chi connectivity index (χ3v) is 7.15. The molecule has 4 nitrogen and oxygen atoms in total. The van der Waals surface area contributed by atoms with Gasteiger partial charge < -0.3 is 0 Å². The van der Waals surface area contributed by atoms with Crippen LogP contribution in [0.5, 0.6) is 0 Å². The van der Waals surface area contributed by atoms with Crippen molar-refractivity contribution in [2.45, 2.75) is 24.5 Å². The Hall–Kier alpha value is -1.70. The first-order valence-electron chi connectivity index (χ1n) is 7.11. The molecule has 0 amide bonds. The molecular weight excluding hydrogens is 348 g/mol. The second kappa shape index (κ2) is 6.43. The van der Waals surface area contributed by atoms with E-state index >= 15 is 0 Å². The summed E-state index contributed by atoms with van der Waals surface area (Å²) in [6.07, 6.45) is 0.925. The van der Waals surface area contributed by atoms with Crippen molar-refractivity contribution in [2.75, 3.05) is 4.72 Å². The Kier molecular flexibility index (Phi) is 4.52. The van der Waals surface area contributed by atoms with Gasteiger partial charge in [0.1, 0.15) is 9.22 Å². The van der Waals surface area contributed by atoms with E-state index in [2.05, 4.69) is 16.6 Å². The minimum Gasteiger partial charge on any atom is -0.279 e. The van der Waals surface area contributed by atoms with Crippen LogP contribution in [0.15, 0.2) is 45.3 Å². The molecule has 0 aliphatic heterocycles. The number of aryl methyl sites for hydroxylation is 2. The molecule has 0 spiro atoms. The van der Waals surface area contributed by atoms with E-state index < -0.39 is 10.0 Å². The normalized spacial score (nSPS) is 11.6. The SMILES string of the molecule is CCc1ccc(NS(=O)(=O)c2cc(-c3nc(C)cs3)cs2)cc1. The van der Waals surface area contributed by atoms with Crippen molar-refractivity contribution in [3.8, 4) is 10.6 Å². The number of hydrogen-bond donors (Lipinski definition) is 1. The Morgan fingerprint density at radius 2 is 1.87 bits per heavy atom. The molecule has 7 heteroatoms. The maximum atomic E-state index is 12.5. The van der Waals surface area contributed by atoms with Crippen LogP contribution < -0.4 is 4.72 Å². The molecule has 1 N–H and O–H groups in total. The predicted octanol–water partition coefficient (Wildman–Crippen LogP) is 4.54. The zero-order valence-corrected chi connectivity index (χ0v) is 15.2. The maximum absolute atomic E-state index is 12.5. The second-order valence-corrected chi connectivity index (χ2v) is 8.78. The van der Waals surface area contributed by atoms with Crippen molar-refractivity contribution < 1.29 is 8.42 Å². The number of thiophene rings is 1. The van der Waals surface area contributed by atoms with Crippen LogP contribution in [0.1, 0.15) is 18.2 Å².